The van der Waals surface area contributed by atoms with E-state index in [4.69, 9.17) is 0 Å². The van der Waals surface area contributed by atoms with Crippen LogP contribution in [0.5, 0.6) is 5.75 Å². The van der Waals surface area contributed by atoms with Gasteiger partial charge in [-0.25, -0.2) is 23.3 Å². The van der Waals surface area contributed by atoms with Crippen molar-refractivity contribution >= 4 is 15.8 Å². The normalized spacial score (nSPS) is 12.2. The molecule has 0 aliphatic heterocycles. The van der Waals surface area contributed by atoms with E-state index in [0.717, 1.165) is 0 Å². The van der Waals surface area contributed by atoms with Crippen molar-refractivity contribution in [2.45, 2.75) is 11.3 Å². The molecule has 0 fully saturated rings. The van der Waals surface area contributed by atoms with Gasteiger partial charge in [0.05, 0.1) is 6.07 Å². The molecule has 19 heavy (non-hydrogen) atoms. The second-order valence-corrected chi connectivity index (χ2v) is 4.52. The van der Waals surface area contributed by atoms with Gasteiger partial charge in [0.15, 0.2) is 5.75 Å². The van der Waals surface area contributed by atoms with Crippen molar-refractivity contribution in [3.05, 3.63) is 26.5 Å². The van der Waals surface area contributed by atoms with Crippen molar-refractivity contribution in [2.75, 3.05) is 0 Å². The van der Waals surface area contributed by atoms with Crippen LogP contribution in [0.15, 0.2) is 15.8 Å². The van der Waals surface area contributed by atoms with Gasteiger partial charge in [-0.15, -0.1) is 13.2 Å². The number of alkyl halides is 3. The Kier molecular flexibility index (Phi) is 3.54. The van der Waals surface area contributed by atoms with Crippen LogP contribution >= 0.6 is 0 Å². The average Bonchev–Trinajstić information content (AvgIpc) is 2.10. The molecule has 0 aliphatic rings. The molecule has 0 radical (unpaired) electrons. The molecule has 0 unspecified atom stereocenters. The molecule has 9 nitrogen and oxygen atoms in total. The lowest BCUT2D eigenvalue weighted by Gasteiger charge is -2.11. The monoisotopic (exact) mass is 303 g/mol. The Labute approximate surface area is 102 Å². The minimum absolute atomic E-state index is 0.0836. The van der Waals surface area contributed by atoms with Gasteiger partial charge in [0, 0.05) is 0 Å². The minimum Gasteiger partial charge on any atom is -0.404 e. The Morgan fingerprint density at radius 1 is 1.42 bits per heavy atom. The first-order valence-corrected chi connectivity index (χ1v) is 5.66. The van der Waals surface area contributed by atoms with E-state index in [2.05, 4.69) is 9.88 Å². The molecule has 13 heteroatoms. The molecule has 0 spiro atoms. The highest BCUT2D eigenvalue weighted by molar-refractivity contribution is 7.89. The summed E-state index contributed by atoms with van der Waals surface area (Å²) in [6, 6.07) is 0.0836. The standard InChI is InChI=1S/C6H4F3N3O6S/c7-6(8,9)18-2-1-3(13)11-5(12(14)15)4(2)19(10,16)17/h1H,(H,11,13)(H2,10,16,17). The molecule has 0 amide bonds. The van der Waals surface area contributed by atoms with E-state index in [9.17, 15) is 36.5 Å². The Morgan fingerprint density at radius 3 is 2.32 bits per heavy atom. The van der Waals surface area contributed by atoms with E-state index < -0.39 is 43.3 Å². The SMILES string of the molecule is NS(=O)(=O)c1c(OC(F)(F)F)cc(=O)[nH]c1[N+](=O)[O-]. The molecular formula is C6H4F3N3O6S. The van der Waals surface area contributed by atoms with Crippen molar-refractivity contribution in [1.29, 1.82) is 0 Å². The number of sulfonamides is 1. The molecule has 3 N–H and O–H groups in total. The van der Waals surface area contributed by atoms with Crippen LogP contribution in [0.25, 0.3) is 0 Å². The molecule has 106 valence electrons. The molecule has 1 aromatic heterocycles. The quantitative estimate of drug-likeness (QED) is 0.585. The summed E-state index contributed by atoms with van der Waals surface area (Å²) in [6.07, 6.45) is -5.36. The summed E-state index contributed by atoms with van der Waals surface area (Å²) >= 11 is 0. The number of aromatic nitrogens is 1. The smallest absolute Gasteiger partial charge is 0.404 e. The van der Waals surface area contributed by atoms with E-state index in [1.54, 1.807) is 0 Å². The second kappa shape index (κ2) is 4.51. The number of H-pyrrole nitrogens is 1. The van der Waals surface area contributed by atoms with Crippen LogP contribution in [0.3, 0.4) is 0 Å². The summed E-state index contributed by atoms with van der Waals surface area (Å²) in [5.74, 6) is -3.10. The molecule has 0 saturated heterocycles. The number of nitrogens with zero attached hydrogens (tertiary/aromatic N) is 1. The van der Waals surface area contributed by atoms with Crippen molar-refractivity contribution in [1.82, 2.24) is 4.98 Å². The molecule has 0 bridgehead atoms. The van der Waals surface area contributed by atoms with Crippen LogP contribution in [0.1, 0.15) is 0 Å². The molecule has 1 heterocycles. The van der Waals surface area contributed by atoms with Gasteiger partial charge in [-0.1, -0.05) is 0 Å². The summed E-state index contributed by atoms with van der Waals surface area (Å²) in [7, 11) is -4.94. The molecule has 1 aromatic rings. The van der Waals surface area contributed by atoms with Crippen LogP contribution in [0.4, 0.5) is 19.0 Å². The topological polar surface area (TPSA) is 145 Å². The maximum Gasteiger partial charge on any atom is 0.573 e. The van der Waals surface area contributed by atoms with Crippen molar-refractivity contribution in [3.8, 4) is 5.75 Å². The van der Waals surface area contributed by atoms with Crippen LogP contribution in [0, 0.1) is 10.1 Å². The molecule has 0 aliphatic carbocycles. The van der Waals surface area contributed by atoms with Gasteiger partial charge in [0.2, 0.25) is 14.9 Å². The van der Waals surface area contributed by atoms with Gasteiger partial charge in [0.25, 0.3) is 0 Å². The Hall–Kier alpha value is -2.15. The number of halogens is 3. The van der Waals surface area contributed by atoms with Gasteiger partial charge < -0.3 is 14.9 Å². The van der Waals surface area contributed by atoms with Crippen molar-refractivity contribution < 1.29 is 31.2 Å². The highest BCUT2D eigenvalue weighted by atomic mass is 32.2. The third kappa shape index (κ3) is 3.65. The fourth-order valence-corrected chi connectivity index (χ4v) is 1.89. The Morgan fingerprint density at radius 2 is 1.95 bits per heavy atom. The summed E-state index contributed by atoms with van der Waals surface area (Å²) in [4.78, 5) is 19.9. The molecule has 0 atom stereocenters. The van der Waals surface area contributed by atoms with Crippen molar-refractivity contribution in [3.63, 3.8) is 0 Å². The number of nitro groups is 1. The third-order valence-electron chi connectivity index (χ3n) is 1.64. The second-order valence-electron chi connectivity index (χ2n) is 3.03. The summed E-state index contributed by atoms with van der Waals surface area (Å²) in [6.45, 7) is 0. The van der Waals surface area contributed by atoms with Gasteiger partial charge >= 0.3 is 17.7 Å². The van der Waals surface area contributed by atoms with E-state index >= 15 is 0 Å². The van der Waals surface area contributed by atoms with E-state index in [0.29, 0.717) is 0 Å². The number of hydrogen-bond donors (Lipinski definition) is 2. The van der Waals surface area contributed by atoms with Crippen LogP contribution in [-0.2, 0) is 10.0 Å². The lowest BCUT2D eigenvalue weighted by Crippen LogP contribution is -2.24. The number of pyridine rings is 1. The predicted molar refractivity (Wildman–Crippen MR) is 51.8 cm³/mol. The highest BCUT2D eigenvalue weighted by Gasteiger charge is 2.37. The first-order valence-electron chi connectivity index (χ1n) is 4.12. The fraction of sp³-hybridized carbons (Fsp3) is 0.167. The first-order chi connectivity index (χ1) is 8.42. The first kappa shape index (κ1) is 14.9. The van der Waals surface area contributed by atoms with Gasteiger partial charge in [-0.2, -0.15) is 0 Å². The summed E-state index contributed by atoms with van der Waals surface area (Å²) in [5.41, 5.74) is -1.36. The lowest BCUT2D eigenvalue weighted by atomic mass is 10.4. The zero-order valence-electron chi connectivity index (χ0n) is 8.59. The number of aromatic amines is 1. The van der Waals surface area contributed by atoms with Crippen LogP contribution in [-0.4, -0.2) is 24.7 Å². The Balaban J connectivity index is 3.71. The molecular weight excluding hydrogens is 299 g/mol. The van der Waals surface area contributed by atoms with E-state index in [1.807, 2.05) is 0 Å². The summed E-state index contributed by atoms with van der Waals surface area (Å²) in [5, 5.41) is 15.1. The number of primary sulfonamides is 1. The van der Waals surface area contributed by atoms with Crippen LogP contribution in [0.2, 0.25) is 0 Å². The molecule has 1 rings (SSSR count). The minimum atomic E-state index is -5.36. The number of ether oxygens (including phenoxy) is 1. The van der Waals surface area contributed by atoms with Gasteiger partial charge in [-0.3, -0.25) is 0 Å². The van der Waals surface area contributed by atoms with Gasteiger partial charge in [0.1, 0.15) is 0 Å². The maximum absolute atomic E-state index is 12.0. The number of hydrogen-bond acceptors (Lipinski definition) is 6. The zero-order valence-corrected chi connectivity index (χ0v) is 9.41. The molecule has 0 saturated carbocycles. The maximum atomic E-state index is 12.0. The number of nitrogens with two attached hydrogens (primary N) is 1. The predicted octanol–water partition coefficient (Wildman–Crippen LogP) is -0.171. The number of nitrogens with one attached hydrogen (secondary N) is 1. The zero-order chi connectivity index (χ0) is 15.0. The Bertz CT molecular complexity index is 678. The largest absolute Gasteiger partial charge is 0.573 e. The van der Waals surface area contributed by atoms with Gasteiger partial charge in [-0.05, 0) is 4.92 Å². The number of rotatable bonds is 3. The van der Waals surface area contributed by atoms with Crippen molar-refractivity contribution in [2.24, 2.45) is 5.14 Å². The third-order valence-corrected chi connectivity index (χ3v) is 2.60. The van der Waals surface area contributed by atoms with E-state index in [-0.39, 0.29) is 6.07 Å². The fourth-order valence-electron chi connectivity index (χ4n) is 1.11. The highest BCUT2D eigenvalue weighted by Crippen LogP contribution is 2.32. The van der Waals surface area contributed by atoms with E-state index in [1.165, 1.54) is 4.98 Å². The van der Waals surface area contributed by atoms with Crippen LogP contribution < -0.4 is 15.4 Å². The lowest BCUT2D eigenvalue weighted by molar-refractivity contribution is -0.393. The molecule has 0 aromatic carbocycles. The summed E-state index contributed by atoms with van der Waals surface area (Å²) < 4.78 is 61.5. The average molecular weight is 303 g/mol.